The lowest BCUT2D eigenvalue weighted by molar-refractivity contribution is 0.628. The van der Waals surface area contributed by atoms with Crippen molar-refractivity contribution in [2.45, 2.75) is 39.0 Å². The molecule has 3 N–H and O–H groups in total. The fraction of sp³-hybridized carbons (Fsp3) is 0.400. The highest BCUT2D eigenvalue weighted by Crippen LogP contribution is 2.29. The quantitative estimate of drug-likeness (QED) is 0.774. The van der Waals surface area contributed by atoms with E-state index in [0.717, 1.165) is 29.7 Å². The zero-order valence-corrected chi connectivity index (χ0v) is 11.2. The van der Waals surface area contributed by atoms with Crippen LogP contribution >= 0.6 is 0 Å². The van der Waals surface area contributed by atoms with Gasteiger partial charge in [0, 0.05) is 11.3 Å². The standard InChI is InChI=1S/C15H20FN3/c1-2-3-4-5-6-13-14(15(17)19-18-13)11-7-9-12(16)10-8-11/h7-10H,2-6H2,1H3,(H3,17,18,19). The molecule has 102 valence electrons. The number of nitrogen functional groups attached to an aromatic ring is 1. The minimum absolute atomic E-state index is 0.240. The van der Waals surface area contributed by atoms with Crippen molar-refractivity contribution in [3.05, 3.63) is 35.8 Å². The van der Waals surface area contributed by atoms with E-state index >= 15 is 0 Å². The number of hydrogen-bond donors (Lipinski definition) is 2. The summed E-state index contributed by atoms with van der Waals surface area (Å²) in [5, 5.41) is 7.07. The van der Waals surface area contributed by atoms with E-state index in [4.69, 9.17) is 5.73 Å². The highest BCUT2D eigenvalue weighted by atomic mass is 19.1. The van der Waals surface area contributed by atoms with Crippen LogP contribution in [0.4, 0.5) is 10.2 Å². The summed E-state index contributed by atoms with van der Waals surface area (Å²) in [5.41, 5.74) is 8.78. The van der Waals surface area contributed by atoms with Crippen LogP contribution in [0.1, 0.15) is 38.3 Å². The Balaban J connectivity index is 2.15. The van der Waals surface area contributed by atoms with Crippen molar-refractivity contribution in [3.63, 3.8) is 0 Å². The molecule has 0 unspecified atom stereocenters. The van der Waals surface area contributed by atoms with Crippen LogP contribution in [-0.2, 0) is 6.42 Å². The van der Waals surface area contributed by atoms with E-state index in [0.29, 0.717) is 5.82 Å². The fourth-order valence-electron chi connectivity index (χ4n) is 2.24. The van der Waals surface area contributed by atoms with Gasteiger partial charge in [-0.1, -0.05) is 38.3 Å². The zero-order valence-electron chi connectivity index (χ0n) is 11.2. The Bertz CT molecular complexity index is 517. The van der Waals surface area contributed by atoms with Crippen molar-refractivity contribution in [3.8, 4) is 11.1 Å². The van der Waals surface area contributed by atoms with E-state index in [1.54, 1.807) is 12.1 Å². The van der Waals surface area contributed by atoms with Crippen LogP contribution in [0.15, 0.2) is 24.3 Å². The second-order valence-electron chi connectivity index (χ2n) is 4.78. The van der Waals surface area contributed by atoms with Crippen LogP contribution in [0.5, 0.6) is 0 Å². The summed E-state index contributed by atoms with van der Waals surface area (Å²) in [6, 6.07) is 6.38. The fourth-order valence-corrected chi connectivity index (χ4v) is 2.24. The van der Waals surface area contributed by atoms with Gasteiger partial charge in [-0.2, -0.15) is 5.10 Å². The second kappa shape index (κ2) is 6.36. The number of benzene rings is 1. The number of halogens is 1. The van der Waals surface area contributed by atoms with Gasteiger partial charge in [-0.25, -0.2) is 4.39 Å². The number of nitrogens with two attached hydrogens (primary N) is 1. The molecule has 0 radical (unpaired) electrons. The van der Waals surface area contributed by atoms with Gasteiger partial charge < -0.3 is 5.73 Å². The third-order valence-corrected chi connectivity index (χ3v) is 3.28. The summed E-state index contributed by atoms with van der Waals surface area (Å²) in [6.07, 6.45) is 5.71. The molecule has 3 nitrogen and oxygen atoms in total. The molecule has 0 aliphatic carbocycles. The van der Waals surface area contributed by atoms with Crippen molar-refractivity contribution in [1.82, 2.24) is 10.2 Å². The summed E-state index contributed by atoms with van der Waals surface area (Å²) >= 11 is 0. The summed E-state index contributed by atoms with van der Waals surface area (Å²) in [7, 11) is 0. The maximum Gasteiger partial charge on any atom is 0.153 e. The molecule has 0 fully saturated rings. The lowest BCUT2D eigenvalue weighted by Gasteiger charge is -2.04. The molecule has 0 aliphatic heterocycles. The Labute approximate surface area is 113 Å². The van der Waals surface area contributed by atoms with Crippen molar-refractivity contribution in [2.75, 3.05) is 5.73 Å². The maximum absolute atomic E-state index is 13.0. The van der Waals surface area contributed by atoms with E-state index < -0.39 is 0 Å². The first-order valence-corrected chi connectivity index (χ1v) is 6.81. The molecule has 0 saturated carbocycles. The van der Waals surface area contributed by atoms with E-state index in [1.807, 2.05) is 0 Å². The van der Waals surface area contributed by atoms with Crippen LogP contribution in [0.3, 0.4) is 0 Å². The number of nitrogens with one attached hydrogen (secondary N) is 1. The van der Waals surface area contributed by atoms with Crippen LogP contribution in [0.2, 0.25) is 0 Å². The Morgan fingerprint density at radius 2 is 1.89 bits per heavy atom. The Morgan fingerprint density at radius 3 is 2.58 bits per heavy atom. The Hall–Kier alpha value is -1.84. The highest BCUT2D eigenvalue weighted by molar-refractivity contribution is 5.76. The van der Waals surface area contributed by atoms with Gasteiger partial charge in [0.1, 0.15) is 5.82 Å². The number of anilines is 1. The third-order valence-electron chi connectivity index (χ3n) is 3.28. The number of aryl methyl sites for hydroxylation is 1. The largest absolute Gasteiger partial charge is 0.382 e. The molecule has 0 spiro atoms. The Morgan fingerprint density at radius 1 is 1.16 bits per heavy atom. The average molecular weight is 261 g/mol. The van der Waals surface area contributed by atoms with Gasteiger partial charge in [0.05, 0.1) is 0 Å². The molecule has 1 aromatic carbocycles. The number of aromatic nitrogens is 2. The van der Waals surface area contributed by atoms with Crippen molar-refractivity contribution in [1.29, 1.82) is 0 Å². The molecule has 2 rings (SSSR count). The number of hydrogen-bond acceptors (Lipinski definition) is 2. The average Bonchev–Trinajstić information content (AvgIpc) is 2.77. The summed E-state index contributed by atoms with van der Waals surface area (Å²) in [4.78, 5) is 0. The number of unbranched alkanes of at least 4 members (excludes halogenated alkanes) is 3. The summed E-state index contributed by atoms with van der Waals surface area (Å²) in [5.74, 6) is 0.243. The van der Waals surface area contributed by atoms with Gasteiger partial charge >= 0.3 is 0 Å². The van der Waals surface area contributed by atoms with Gasteiger partial charge in [-0.15, -0.1) is 0 Å². The predicted octanol–water partition coefficient (Wildman–Crippen LogP) is 3.92. The molecule has 1 heterocycles. The van der Waals surface area contributed by atoms with Crippen LogP contribution < -0.4 is 5.73 Å². The summed E-state index contributed by atoms with van der Waals surface area (Å²) < 4.78 is 13.0. The van der Waals surface area contributed by atoms with Crippen LogP contribution in [-0.4, -0.2) is 10.2 Å². The first-order valence-electron chi connectivity index (χ1n) is 6.81. The predicted molar refractivity (Wildman–Crippen MR) is 76.2 cm³/mol. The number of nitrogens with zero attached hydrogens (tertiary/aromatic N) is 1. The van der Waals surface area contributed by atoms with Gasteiger partial charge in [-0.3, -0.25) is 5.10 Å². The summed E-state index contributed by atoms with van der Waals surface area (Å²) in [6.45, 7) is 2.19. The monoisotopic (exact) mass is 261 g/mol. The first kappa shape index (κ1) is 13.6. The van der Waals surface area contributed by atoms with Crippen molar-refractivity contribution < 1.29 is 4.39 Å². The first-order chi connectivity index (χ1) is 9.22. The SMILES string of the molecule is CCCCCCc1[nH]nc(N)c1-c1ccc(F)cc1. The van der Waals surface area contributed by atoms with Crippen molar-refractivity contribution >= 4 is 5.82 Å². The maximum atomic E-state index is 13.0. The highest BCUT2D eigenvalue weighted by Gasteiger charge is 2.12. The van der Waals surface area contributed by atoms with Crippen molar-refractivity contribution in [2.24, 2.45) is 0 Å². The van der Waals surface area contributed by atoms with Crippen LogP contribution in [0.25, 0.3) is 11.1 Å². The molecule has 1 aromatic heterocycles. The minimum Gasteiger partial charge on any atom is -0.382 e. The molecule has 0 amide bonds. The number of rotatable bonds is 6. The van der Waals surface area contributed by atoms with Gasteiger partial charge in [0.2, 0.25) is 0 Å². The molecule has 0 aliphatic rings. The second-order valence-corrected chi connectivity index (χ2v) is 4.78. The van der Waals surface area contributed by atoms with E-state index in [-0.39, 0.29) is 5.82 Å². The minimum atomic E-state index is -0.240. The molecule has 19 heavy (non-hydrogen) atoms. The van der Waals surface area contributed by atoms with E-state index in [1.165, 1.54) is 31.4 Å². The van der Waals surface area contributed by atoms with Gasteiger partial charge in [0.15, 0.2) is 5.82 Å². The molecule has 4 heteroatoms. The lowest BCUT2D eigenvalue weighted by atomic mass is 10.0. The lowest BCUT2D eigenvalue weighted by Crippen LogP contribution is -1.92. The third kappa shape index (κ3) is 3.34. The normalized spacial score (nSPS) is 10.8. The molecule has 0 bridgehead atoms. The number of aromatic amines is 1. The topological polar surface area (TPSA) is 54.7 Å². The van der Waals surface area contributed by atoms with Crippen LogP contribution in [0, 0.1) is 5.82 Å². The van der Waals surface area contributed by atoms with E-state index in [2.05, 4.69) is 17.1 Å². The smallest absolute Gasteiger partial charge is 0.153 e. The molecule has 0 saturated heterocycles. The molecule has 0 atom stereocenters. The molecular formula is C15H20FN3. The van der Waals surface area contributed by atoms with Gasteiger partial charge in [-0.05, 0) is 30.5 Å². The number of H-pyrrole nitrogens is 1. The zero-order chi connectivity index (χ0) is 13.7. The molecular weight excluding hydrogens is 241 g/mol. The van der Waals surface area contributed by atoms with E-state index in [9.17, 15) is 4.39 Å². The van der Waals surface area contributed by atoms with Gasteiger partial charge in [0.25, 0.3) is 0 Å². The molecule has 2 aromatic rings. The Kier molecular flexibility index (Phi) is 4.55.